The lowest BCUT2D eigenvalue weighted by atomic mass is 9.84. The molecular formula is C16H17NO. The zero-order valence-corrected chi connectivity index (χ0v) is 10.3. The van der Waals surface area contributed by atoms with Crippen molar-refractivity contribution in [1.29, 1.82) is 0 Å². The molecule has 1 aliphatic heterocycles. The monoisotopic (exact) mass is 239 g/mol. The highest BCUT2D eigenvalue weighted by atomic mass is 16.5. The summed E-state index contributed by atoms with van der Waals surface area (Å²) in [6.45, 7) is 0.567. The number of fused-ring (bicyclic) bond motifs is 1. The number of hydrogen-bond acceptors (Lipinski definition) is 2. The van der Waals surface area contributed by atoms with Crippen LogP contribution in [0.1, 0.15) is 23.5 Å². The Morgan fingerprint density at radius 2 is 1.72 bits per heavy atom. The van der Waals surface area contributed by atoms with E-state index in [9.17, 15) is 0 Å². The van der Waals surface area contributed by atoms with Gasteiger partial charge in [-0.2, -0.15) is 0 Å². The van der Waals surface area contributed by atoms with Crippen LogP contribution in [-0.4, -0.2) is 12.6 Å². The molecule has 0 saturated heterocycles. The highest BCUT2D eigenvalue weighted by Crippen LogP contribution is 2.39. The van der Waals surface area contributed by atoms with Gasteiger partial charge in [0, 0.05) is 18.0 Å². The van der Waals surface area contributed by atoms with Crippen LogP contribution >= 0.6 is 0 Å². The summed E-state index contributed by atoms with van der Waals surface area (Å²) in [7, 11) is 0. The van der Waals surface area contributed by atoms with Crippen molar-refractivity contribution in [1.82, 2.24) is 0 Å². The van der Waals surface area contributed by atoms with Gasteiger partial charge in [-0.05, 0) is 18.1 Å². The lowest BCUT2D eigenvalue weighted by molar-refractivity contribution is 0.172. The Balaban J connectivity index is 2.04. The zero-order chi connectivity index (χ0) is 12.4. The molecule has 2 atom stereocenters. The lowest BCUT2D eigenvalue weighted by Crippen LogP contribution is -2.32. The lowest BCUT2D eigenvalue weighted by Gasteiger charge is -2.32. The Labute approximate surface area is 107 Å². The Bertz CT molecular complexity index is 524. The number of rotatable bonds is 2. The molecule has 0 aliphatic carbocycles. The second-order valence-electron chi connectivity index (χ2n) is 4.71. The van der Waals surface area contributed by atoms with Gasteiger partial charge in [0.15, 0.2) is 0 Å². The molecule has 18 heavy (non-hydrogen) atoms. The normalized spacial score (nSPS) is 22.1. The van der Waals surface area contributed by atoms with Gasteiger partial charge in [-0.25, -0.2) is 0 Å². The molecule has 0 aromatic heterocycles. The third kappa shape index (κ3) is 2.00. The fraction of sp³-hybridized carbons (Fsp3) is 0.250. The van der Waals surface area contributed by atoms with Crippen molar-refractivity contribution in [3.05, 3.63) is 65.7 Å². The number of benzene rings is 2. The van der Waals surface area contributed by atoms with Crippen LogP contribution in [0.25, 0.3) is 0 Å². The maximum atomic E-state index is 5.91. The summed E-state index contributed by atoms with van der Waals surface area (Å²) in [4.78, 5) is 0. The molecular weight excluding hydrogens is 222 g/mol. The zero-order valence-electron chi connectivity index (χ0n) is 10.3. The van der Waals surface area contributed by atoms with E-state index in [1.54, 1.807) is 0 Å². The van der Waals surface area contributed by atoms with E-state index in [0.717, 1.165) is 12.2 Å². The fourth-order valence-corrected chi connectivity index (χ4v) is 2.64. The Morgan fingerprint density at radius 1 is 1.00 bits per heavy atom. The van der Waals surface area contributed by atoms with Crippen LogP contribution in [0.3, 0.4) is 0 Å². The van der Waals surface area contributed by atoms with Gasteiger partial charge >= 0.3 is 0 Å². The van der Waals surface area contributed by atoms with Gasteiger partial charge in [0.2, 0.25) is 0 Å². The molecule has 0 unspecified atom stereocenters. The molecule has 0 fully saturated rings. The van der Waals surface area contributed by atoms with E-state index in [1.165, 1.54) is 11.1 Å². The van der Waals surface area contributed by atoms with Crippen molar-refractivity contribution in [2.24, 2.45) is 5.73 Å². The first-order valence-corrected chi connectivity index (χ1v) is 6.39. The smallest absolute Gasteiger partial charge is 0.123 e. The van der Waals surface area contributed by atoms with E-state index in [4.69, 9.17) is 10.5 Å². The largest absolute Gasteiger partial charge is 0.489 e. The minimum atomic E-state index is 0.116. The van der Waals surface area contributed by atoms with Crippen LogP contribution in [-0.2, 0) is 0 Å². The molecule has 0 amide bonds. The van der Waals surface area contributed by atoms with Gasteiger partial charge in [0.1, 0.15) is 11.9 Å². The minimum absolute atomic E-state index is 0.116. The average Bonchev–Trinajstić information content (AvgIpc) is 2.47. The molecule has 1 heterocycles. The van der Waals surface area contributed by atoms with E-state index in [0.29, 0.717) is 12.5 Å². The highest BCUT2D eigenvalue weighted by molar-refractivity contribution is 5.43. The summed E-state index contributed by atoms with van der Waals surface area (Å²) in [5.41, 5.74) is 8.39. The van der Waals surface area contributed by atoms with Gasteiger partial charge in [-0.3, -0.25) is 0 Å². The second-order valence-corrected chi connectivity index (χ2v) is 4.71. The third-order valence-corrected chi connectivity index (χ3v) is 3.55. The summed E-state index contributed by atoms with van der Waals surface area (Å²) < 4.78 is 5.91. The van der Waals surface area contributed by atoms with E-state index in [2.05, 4.69) is 42.5 Å². The van der Waals surface area contributed by atoms with E-state index in [1.807, 2.05) is 12.1 Å². The number of ether oxygens (including phenoxy) is 1. The molecule has 3 rings (SSSR count). The van der Waals surface area contributed by atoms with E-state index >= 15 is 0 Å². The molecule has 2 nitrogen and oxygen atoms in total. The SMILES string of the molecule is NC[C@H]1C[C@@H](c2ccccc2)c2ccccc2O1. The van der Waals surface area contributed by atoms with Gasteiger partial charge in [-0.15, -0.1) is 0 Å². The first-order chi connectivity index (χ1) is 8.88. The van der Waals surface area contributed by atoms with Crippen molar-refractivity contribution in [2.45, 2.75) is 18.4 Å². The molecule has 2 N–H and O–H groups in total. The van der Waals surface area contributed by atoms with Crippen molar-refractivity contribution in [3.63, 3.8) is 0 Å². The number of para-hydroxylation sites is 1. The van der Waals surface area contributed by atoms with E-state index in [-0.39, 0.29) is 6.10 Å². The van der Waals surface area contributed by atoms with Gasteiger partial charge in [0.25, 0.3) is 0 Å². The van der Waals surface area contributed by atoms with Crippen LogP contribution in [0.2, 0.25) is 0 Å². The predicted octanol–water partition coefficient (Wildman–Crippen LogP) is 2.93. The summed E-state index contributed by atoms with van der Waals surface area (Å²) in [5, 5.41) is 0. The molecule has 2 heteroatoms. The first kappa shape index (κ1) is 11.3. The topological polar surface area (TPSA) is 35.2 Å². The highest BCUT2D eigenvalue weighted by Gasteiger charge is 2.28. The molecule has 0 spiro atoms. The van der Waals surface area contributed by atoms with Gasteiger partial charge in [0.05, 0.1) is 0 Å². The van der Waals surface area contributed by atoms with Gasteiger partial charge in [-0.1, -0.05) is 48.5 Å². The quantitative estimate of drug-likeness (QED) is 0.874. The molecule has 0 radical (unpaired) electrons. The predicted molar refractivity (Wildman–Crippen MR) is 72.8 cm³/mol. The van der Waals surface area contributed by atoms with Crippen molar-refractivity contribution >= 4 is 0 Å². The molecule has 92 valence electrons. The van der Waals surface area contributed by atoms with Gasteiger partial charge < -0.3 is 10.5 Å². The molecule has 0 saturated carbocycles. The maximum Gasteiger partial charge on any atom is 0.123 e. The second kappa shape index (κ2) is 4.83. The summed E-state index contributed by atoms with van der Waals surface area (Å²) in [6.07, 6.45) is 1.07. The summed E-state index contributed by atoms with van der Waals surface area (Å²) >= 11 is 0. The fourth-order valence-electron chi connectivity index (χ4n) is 2.64. The minimum Gasteiger partial charge on any atom is -0.489 e. The van der Waals surface area contributed by atoms with E-state index < -0.39 is 0 Å². The average molecular weight is 239 g/mol. The van der Waals surface area contributed by atoms with Crippen molar-refractivity contribution < 1.29 is 4.74 Å². The van der Waals surface area contributed by atoms with Crippen LogP contribution in [0, 0.1) is 0 Å². The van der Waals surface area contributed by atoms with Crippen LogP contribution in [0.5, 0.6) is 5.75 Å². The third-order valence-electron chi connectivity index (χ3n) is 3.55. The summed E-state index contributed by atoms with van der Waals surface area (Å²) in [6, 6.07) is 18.9. The van der Waals surface area contributed by atoms with Crippen molar-refractivity contribution in [2.75, 3.05) is 6.54 Å². The number of hydrogen-bond donors (Lipinski definition) is 1. The van der Waals surface area contributed by atoms with Crippen LogP contribution in [0.4, 0.5) is 0 Å². The van der Waals surface area contributed by atoms with Crippen LogP contribution < -0.4 is 10.5 Å². The Hall–Kier alpha value is -1.80. The standard InChI is InChI=1S/C16H17NO/c17-11-13-10-15(12-6-2-1-3-7-12)14-8-4-5-9-16(14)18-13/h1-9,13,15H,10-11,17H2/t13-,15+/m1/s1. The Kier molecular flexibility index (Phi) is 3.03. The molecule has 2 aromatic carbocycles. The van der Waals surface area contributed by atoms with Crippen molar-refractivity contribution in [3.8, 4) is 5.75 Å². The maximum absolute atomic E-state index is 5.91. The summed E-state index contributed by atoms with van der Waals surface area (Å²) in [5.74, 6) is 1.37. The molecule has 2 aromatic rings. The first-order valence-electron chi connectivity index (χ1n) is 6.39. The van der Waals surface area contributed by atoms with Crippen LogP contribution in [0.15, 0.2) is 54.6 Å². The molecule has 0 bridgehead atoms. The number of nitrogens with two attached hydrogens (primary N) is 1. The molecule has 1 aliphatic rings. The Morgan fingerprint density at radius 3 is 2.50 bits per heavy atom.